The molecule has 0 radical (unpaired) electrons. The largest absolute Gasteiger partial charge is 0.341 e. The van der Waals surface area contributed by atoms with Crippen LogP contribution in [0.3, 0.4) is 0 Å². The van der Waals surface area contributed by atoms with E-state index in [-0.39, 0.29) is 5.91 Å². The van der Waals surface area contributed by atoms with Crippen molar-refractivity contribution in [1.82, 2.24) is 4.90 Å². The average molecular weight is 224 g/mol. The van der Waals surface area contributed by atoms with Crippen molar-refractivity contribution in [3.05, 3.63) is 12.7 Å². The molecule has 1 rings (SSSR count). The number of likely N-dealkylation sites (tertiary alicyclic amines) is 1. The van der Waals surface area contributed by atoms with Crippen molar-refractivity contribution in [2.24, 2.45) is 11.7 Å². The summed E-state index contributed by atoms with van der Waals surface area (Å²) >= 11 is 0. The van der Waals surface area contributed by atoms with Crippen LogP contribution in [0.1, 0.15) is 39.5 Å². The molecule has 1 aliphatic rings. The standard InChI is InChI=1S/C13H24N2O/c1-4-8-13(3,14)12(16)15-9-6-11(5-2)7-10-15/h5,11H,2,4,6-10,14H2,1,3H3. The number of amides is 1. The van der Waals surface area contributed by atoms with E-state index in [9.17, 15) is 4.79 Å². The maximum Gasteiger partial charge on any atom is 0.242 e. The Labute approximate surface area is 98.7 Å². The predicted octanol–water partition coefficient (Wildman–Crippen LogP) is 1.93. The molecule has 1 saturated heterocycles. The number of rotatable bonds is 4. The van der Waals surface area contributed by atoms with Gasteiger partial charge >= 0.3 is 0 Å². The topological polar surface area (TPSA) is 46.3 Å². The Balaban J connectivity index is 2.53. The first-order chi connectivity index (χ1) is 7.51. The third-order valence-electron chi connectivity index (χ3n) is 3.42. The normalized spacial score (nSPS) is 21.6. The van der Waals surface area contributed by atoms with Gasteiger partial charge in [0, 0.05) is 13.1 Å². The number of hydrogen-bond acceptors (Lipinski definition) is 2. The van der Waals surface area contributed by atoms with Crippen molar-refractivity contribution in [2.45, 2.75) is 45.1 Å². The Kier molecular flexibility index (Phi) is 4.54. The fourth-order valence-electron chi connectivity index (χ4n) is 2.33. The molecule has 3 nitrogen and oxygen atoms in total. The molecular formula is C13H24N2O. The first kappa shape index (κ1) is 13.2. The van der Waals surface area contributed by atoms with Gasteiger partial charge in [-0.25, -0.2) is 0 Å². The molecular weight excluding hydrogens is 200 g/mol. The molecule has 0 aromatic rings. The van der Waals surface area contributed by atoms with Gasteiger partial charge in [-0.3, -0.25) is 4.79 Å². The van der Waals surface area contributed by atoms with Gasteiger partial charge in [0.2, 0.25) is 5.91 Å². The maximum absolute atomic E-state index is 12.2. The van der Waals surface area contributed by atoms with Crippen LogP contribution in [0.2, 0.25) is 0 Å². The Morgan fingerprint density at radius 1 is 1.56 bits per heavy atom. The summed E-state index contributed by atoms with van der Waals surface area (Å²) in [6, 6.07) is 0. The molecule has 0 aliphatic carbocycles. The Hall–Kier alpha value is -0.830. The Morgan fingerprint density at radius 3 is 2.56 bits per heavy atom. The molecule has 0 spiro atoms. The highest BCUT2D eigenvalue weighted by atomic mass is 16.2. The molecule has 1 amide bonds. The second-order valence-corrected chi connectivity index (χ2v) is 5.03. The summed E-state index contributed by atoms with van der Waals surface area (Å²) in [6.45, 7) is 9.36. The van der Waals surface area contributed by atoms with Gasteiger partial charge in [-0.05, 0) is 32.1 Å². The van der Waals surface area contributed by atoms with Gasteiger partial charge in [0.1, 0.15) is 0 Å². The van der Waals surface area contributed by atoms with Crippen LogP contribution in [0.25, 0.3) is 0 Å². The molecule has 3 heteroatoms. The second kappa shape index (κ2) is 5.48. The average Bonchev–Trinajstić information content (AvgIpc) is 2.28. The molecule has 1 fully saturated rings. The van der Waals surface area contributed by atoms with Gasteiger partial charge in [-0.15, -0.1) is 6.58 Å². The van der Waals surface area contributed by atoms with Crippen LogP contribution in [0, 0.1) is 5.92 Å². The van der Waals surface area contributed by atoms with Crippen LogP contribution in [-0.2, 0) is 4.79 Å². The van der Waals surface area contributed by atoms with Crippen molar-refractivity contribution in [3.8, 4) is 0 Å². The highest BCUT2D eigenvalue weighted by Crippen LogP contribution is 2.21. The molecule has 1 unspecified atom stereocenters. The van der Waals surface area contributed by atoms with Crippen LogP contribution >= 0.6 is 0 Å². The number of hydrogen-bond donors (Lipinski definition) is 1. The summed E-state index contributed by atoms with van der Waals surface area (Å²) < 4.78 is 0. The lowest BCUT2D eigenvalue weighted by Gasteiger charge is -2.36. The summed E-state index contributed by atoms with van der Waals surface area (Å²) in [7, 11) is 0. The zero-order chi connectivity index (χ0) is 12.2. The van der Waals surface area contributed by atoms with Crippen LogP contribution in [-0.4, -0.2) is 29.4 Å². The van der Waals surface area contributed by atoms with Gasteiger partial charge in [-0.1, -0.05) is 19.4 Å². The highest BCUT2D eigenvalue weighted by molar-refractivity contribution is 5.85. The van der Waals surface area contributed by atoms with Crippen molar-refractivity contribution >= 4 is 5.91 Å². The fourth-order valence-corrected chi connectivity index (χ4v) is 2.33. The van der Waals surface area contributed by atoms with E-state index in [2.05, 4.69) is 13.5 Å². The van der Waals surface area contributed by atoms with E-state index in [0.717, 1.165) is 38.8 Å². The smallest absolute Gasteiger partial charge is 0.242 e. The van der Waals surface area contributed by atoms with E-state index in [0.29, 0.717) is 5.92 Å². The monoisotopic (exact) mass is 224 g/mol. The molecule has 0 aromatic heterocycles. The Bertz CT molecular complexity index is 253. The van der Waals surface area contributed by atoms with Crippen LogP contribution < -0.4 is 5.73 Å². The summed E-state index contributed by atoms with van der Waals surface area (Å²) in [5.74, 6) is 0.677. The zero-order valence-corrected chi connectivity index (χ0v) is 10.5. The first-order valence-corrected chi connectivity index (χ1v) is 6.22. The van der Waals surface area contributed by atoms with E-state index in [1.54, 1.807) is 0 Å². The molecule has 0 aromatic carbocycles. The van der Waals surface area contributed by atoms with Gasteiger partial charge in [0.05, 0.1) is 5.54 Å². The third kappa shape index (κ3) is 3.08. The molecule has 92 valence electrons. The van der Waals surface area contributed by atoms with Crippen LogP contribution in [0.5, 0.6) is 0 Å². The molecule has 0 saturated carbocycles. The van der Waals surface area contributed by atoms with E-state index in [1.165, 1.54) is 0 Å². The quantitative estimate of drug-likeness (QED) is 0.742. The first-order valence-electron chi connectivity index (χ1n) is 6.22. The number of carbonyl (C=O) groups excluding carboxylic acids is 1. The van der Waals surface area contributed by atoms with Gasteiger partial charge in [0.25, 0.3) is 0 Å². The van der Waals surface area contributed by atoms with Gasteiger partial charge in [0.15, 0.2) is 0 Å². The SMILES string of the molecule is C=CC1CCN(C(=O)C(C)(N)CCC)CC1. The van der Waals surface area contributed by atoms with Crippen molar-refractivity contribution in [1.29, 1.82) is 0 Å². The van der Waals surface area contributed by atoms with Crippen molar-refractivity contribution in [3.63, 3.8) is 0 Å². The second-order valence-electron chi connectivity index (χ2n) is 5.03. The molecule has 0 bridgehead atoms. The molecule has 16 heavy (non-hydrogen) atoms. The molecule has 2 N–H and O–H groups in total. The number of piperidine rings is 1. The lowest BCUT2D eigenvalue weighted by molar-refractivity contribution is -0.137. The van der Waals surface area contributed by atoms with E-state index >= 15 is 0 Å². The maximum atomic E-state index is 12.2. The predicted molar refractivity (Wildman–Crippen MR) is 67.0 cm³/mol. The van der Waals surface area contributed by atoms with Crippen molar-refractivity contribution < 1.29 is 4.79 Å². The minimum Gasteiger partial charge on any atom is -0.341 e. The fraction of sp³-hybridized carbons (Fsp3) is 0.769. The third-order valence-corrected chi connectivity index (χ3v) is 3.42. The lowest BCUT2D eigenvalue weighted by Crippen LogP contribution is -2.54. The number of nitrogens with zero attached hydrogens (tertiary/aromatic N) is 1. The zero-order valence-electron chi connectivity index (χ0n) is 10.5. The van der Waals surface area contributed by atoms with E-state index < -0.39 is 5.54 Å². The van der Waals surface area contributed by atoms with Crippen LogP contribution in [0.4, 0.5) is 0 Å². The Morgan fingerprint density at radius 2 is 2.12 bits per heavy atom. The summed E-state index contributed by atoms with van der Waals surface area (Å²) in [5.41, 5.74) is 5.37. The number of carbonyl (C=O) groups is 1. The minimum absolute atomic E-state index is 0.108. The van der Waals surface area contributed by atoms with Gasteiger partial charge < -0.3 is 10.6 Å². The van der Waals surface area contributed by atoms with Crippen LogP contribution in [0.15, 0.2) is 12.7 Å². The van der Waals surface area contributed by atoms with Gasteiger partial charge in [-0.2, -0.15) is 0 Å². The number of nitrogens with two attached hydrogens (primary N) is 1. The number of allylic oxidation sites excluding steroid dienone is 1. The summed E-state index contributed by atoms with van der Waals surface area (Å²) in [5, 5.41) is 0. The molecule has 1 heterocycles. The summed E-state index contributed by atoms with van der Waals surface area (Å²) in [4.78, 5) is 14.1. The lowest BCUT2D eigenvalue weighted by atomic mass is 9.92. The van der Waals surface area contributed by atoms with E-state index in [4.69, 9.17) is 5.73 Å². The minimum atomic E-state index is -0.685. The molecule has 1 aliphatic heterocycles. The van der Waals surface area contributed by atoms with E-state index in [1.807, 2.05) is 17.9 Å². The molecule has 1 atom stereocenters. The highest BCUT2D eigenvalue weighted by Gasteiger charge is 2.33. The summed E-state index contributed by atoms with van der Waals surface area (Å²) in [6.07, 6.45) is 5.75. The van der Waals surface area contributed by atoms with Crippen molar-refractivity contribution in [2.75, 3.05) is 13.1 Å².